The largest absolute Gasteiger partial charge is 0.419 e. The maximum atomic E-state index is 12.2. The van der Waals surface area contributed by atoms with Gasteiger partial charge in [-0.05, 0) is 6.07 Å². The topological polar surface area (TPSA) is 47.0 Å². The fraction of sp³-hybridized carbons (Fsp3) is 0.167. The molecule has 78 valence electrons. The molecule has 0 saturated carbocycles. The van der Waals surface area contributed by atoms with E-state index in [0.29, 0.717) is 12.3 Å². The van der Waals surface area contributed by atoms with Crippen LogP contribution in [0.15, 0.2) is 23.4 Å². The summed E-state index contributed by atoms with van der Waals surface area (Å²) in [5.74, 6) is 0. The number of halogens is 4. The third-order valence-electron chi connectivity index (χ3n) is 1.35. The summed E-state index contributed by atoms with van der Waals surface area (Å²) in [6.07, 6.45) is -3.45. The molecule has 1 rings (SSSR count). The van der Waals surface area contributed by atoms with Crippen molar-refractivity contribution in [3.63, 3.8) is 0 Å². The molecule has 0 N–H and O–H groups in total. The molecule has 0 aliphatic heterocycles. The van der Waals surface area contributed by atoms with Gasteiger partial charge in [-0.1, -0.05) is 0 Å². The van der Waals surface area contributed by atoms with Gasteiger partial charge in [0.25, 0.3) is 9.05 Å². The van der Waals surface area contributed by atoms with Gasteiger partial charge in [-0.3, -0.25) is 4.98 Å². The fourth-order valence-corrected chi connectivity index (χ4v) is 1.87. The minimum Gasteiger partial charge on any atom is -0.264 e. The Balaban J connectivity index is 3.47. The number of nitrogens with zero attached hydrogens (tertiary/aromatic N) is 1. The zero-order valence-electron chi connectivity index (χ0n) is 6.42. The van der Waals surface area contributed by atoms with Crippen molar-refractivity contribution < 1.29 is 21.6 Å². The van der Waals surface area contributed by atoms with Crippen molar-refractivity contribution in [2.24, 2.45) is 0 Å². The van der Waals surface area contributed by atoms with Crippen LogP contribution in [0.2, 0.25) is 0 Å². The van der Waals surface area contributed by atoms with Crippen molar-refractivity contribution in [3.8, 4) is 0 Å². The average molecular weight is 246 g/mol. The van der Waals surface area contributed by atoms with Gasteiger partial charge in [-0.2, -0.15) is 13.2 Å². The van der Waals surface area contributed by atoms with Crippen molar-refractivity contribution in [3.05, 3.63) is 24.0 Å². The molecule has 0 spiro atoms. The molecule has 3 nitrogen and oxygen atoms in total. The van der Waals surface area contributed by atoms with Crippen LogP contribution in [0.25, 0.3) is 0 Å². The molecule has 0 aliphatic rings. The highest BCUT2D eigenvalue weighted by Gasteiger charge is 2.36. The van der Waals surface area contributed by atoms with Gasteiger partial charge in [0.2, 0.25) is 0 Å². The van der Waals surface area contributed by atoms with Crippen LogP contribution in [0.1, 0.15) is 5.56 Å². The van der Waals surface area contributed by atoms with Crippen LogP contribution in [0.3, 0.4) is 0 Å². The van der Waals surface area contributed by atoms with Crippen molar-refractivity contribution in [2.45, 2.75) is 11.1 Å². The Bertz CT molecular complexity index is 443. The Hall–Kier alpha value is -0.820. The number of hydrogen-bond donors (Lipinski definition) is 0. The molecule has 0 amide bonds. The first-order valence-corrected chi connectivity index (χ1v) is 5.50. The van der Waals surface area contributed by atoms with Crippen LogP contribution in [0, 0.1) is 0 Å². The molecule has 1 aromatic heterocycles. The van der Waals surface area contributed by atoms with Gasteiger partial charge in [0.15, 0.2) is 0 Å². The van der Waals surface area contributed by atoms with E-state index in [9.17, 15) is 21.6 Å². The Labute approximate surface area is 81.9 Å². The summed E-state index contributed by atoms with van der Waals surface area (Å²) in [5.41, 5.74) is -1.37. The summed E-state index contributed by atoms with van der Waals surface area (Å²) in [6, 6.07) is 0.700. The average Bonchev–Trinajstić information content (AvgIpc) is 2.01. The summed E-state index contributed by atoms with van der Waals surface area (Å²) in [5, 5.41) is 0. The highest BCUT2D eigenvalue weighted by atomic mass is 35.7. The third kappa shape index (κ3) is 2.36. The minimum atomic E-state index is -4.79. The smallest absolute Gasteiger partial charge is 0.264 e. The lowest BCUT2D eigenvalue weighted by Gasteiger charge is -2.08. The van der Waals surface area contributed by atoms with Crippen LogP contribution in [-0.2, 0) is 15.2 Å². The van der Waals surface area contributed by atoms with E-state index in [1.54, 1.807) is 0 Å². The van der Waals surface area contributed by atoms with E-state index in [1.165, 1.54) is 0 Å². The predicted molar refractivity (Wildman–Crippen MR) is 42.3 cm³/mol. The van der Waals surface area contributed by atoms with E-state index in [-0.39, 0.29) is 0 Å². The first-order valence-electron chi connectivity index (χ1n) is 3.19. The number of alkyl halides is 3. The maximum Gasteiger partial charge on any atom is 0.419 e. The molecule has 0 bridgehead atoms. The van der Waals surface area contributed by atoms with E-state index in [2.05, 4.69) is 4.98 Å². The van der Waals surface area contributed by atoms with Crippen molar-refractivity contribution in [2.75, 3.05) is 0 Å². The Morgan fingerprint density at radius 1 is 1.36 bits per heavy atom. The second-order valence-electron chi connectivity index (χ2n) is 2.31. The molecule has 1 aromatic rings. The molecule has 0 aromatic carbocycles. The van der Waals surface area contributed by atoms with Gasteiger partial charge in [0, 0.05) is 23.1 Å². The van der Waals surface area contributed by atoms with Crippen LogP contribution < -0.4 is 0 Å². The van der Waals surface area contributed by atoms with Crippen LogP contribution in [0.5, 0.6) is 0 Å². The van der Waals surface area contributed by atoms with Gasteiger partial charge in [-0.25, -0.2) is 8.42 Å². The molecule has 0 radical (unpaired) electrons. The minimum absolute atomic E-state index is 0.412. The summed E-state index contributed by atoms with van der Waals surface area (Å²) in [7, 11) is 0.410. The summed E-state index contributed by atoms with van der Waals surface area (Å²) < 4.78 is 58.1. The van der Waals surface area contributed by atoms with Gasteiger partial charge in [-0.15, -0.1) is 0 Å². The molecule has 0 fully saturated rings. The van der Waals surface area contributed by atoms with Crippen LogP contribution in [-0.4, -0.2) is 13.4 Å². The van der Waals surface area contributed by atoms with Gasteiger partial charge in [0.1, 0.15) is 0 Å². The van der Waals surface area contributed by atoms with Crippen LogP contribution >= 0.6 is 10.7 Å². The summed E-state index contributed by atoms with van der Waals surface area (Å²) >= 11 is 0. The van der Waals surface area contributed by atoms with E-state index < -0.39 is 25.7 Å². The lowest BCUT2D eigenvalue weighted by Crippen LogP contribution is -2.10. The van der Waals surface area contributed by atoms with E-state index >= 15 is 0 Å². The number of aromatic nitrogens is 1. The quantitative estimate of drug-likeness (QED) is 0.711. The van der Waals surface area contributed by atoms with Crippen molar-refractivity contribution in [1.29, 1.82) is 0 Å². The fourth-order valence-electron chi connectivity index (χ4n) is 0.807. The molecule has 0 unspecified atom stereocenters. The number of pyridine rings is 1. The Morgan fingerprint density at radius 2 is 1.93 bits per heavy atom. The summed E-state index contributed by atoms with van der Waals surface area (Å²) in [4.78, 5) is 2.20. The lowest BCUT2D eigenvalue weighted by molar-refractivity contribution is -0.140. The Morgan fingerprint density at radius 3 is 2.29 bits per heavy atom. The SMILES string of the molecule is O=S(=O)(Cl)c1ccncc1C(F)(F)F. The first-order chi connectivity index (χ1) is 6.23. The second kappa shape index (κ2) is 3.39. The second-order valence-corrected chi connectivity index (χ2v) is 4.84. The highest BCUT2D eigenvalue weighted by Crippen LogP contribution is 2.34. The predicted octanol–water partition coefficient (Wildman–Crippen LogP) is 2.03. The van der Waals surface area contributed by atoms with Crippen molar-refractivity contribution >= 4 is 19.7 Å². The zero-order valence-corrected chi connectivity index (χ0v) is 7.99. The lowest BCUT2D eigenvalue weighted by atomic mass is 10.3. The monoisotopic (exact) mass is 245 g/mol. The van der Waals surface area contributed by atoms with Gasteiger partial charge >= 0.3 is 6.18 Å². The third-order valence-corrected chi connectivity index (χ3v) is 2.73. The molecule has 0 aliphatic carbocycles. The summed E-state index contributed by atoms with van der Waals surface area (Å²) in [6.45, 7) is 0. The Kier molecular flexibility index (Phi) is 2.73. The zero-order chi connectivity index (χ0) is 11.0. The molecule has 0 atom stereocenters. The molecule has 8 heteroatoms. The normalized spacial score (nSPS) is 12.9. The molecular weight excluding hydrogens is 243 g/mol. The van der Waals surface area contributed by atoms with Crippen LogP contribution in [0.4, 0.5) is 13.2 Å². The van der Waals surface area contributed by atoms with E-state index in [0.717, 1.165) is 6.20 Å². The molecule has 14 heavy (non-hydrogen) atoms. The first kappa shape index (κ1) is 11.3. The molecular formula is C6H3ClF3NO2S. The molecule has 0 saturated heterocycles. The highest BCUT2D eigenvalue weighted by molar-refractivity contribution is 8.13. The van der Waals surface area contributed by atoms with Gasteiger partial charge < -0.3 is 0 Å². The standard InChI is InChI=1S/C6H3ClF3NO2S/c7-14(12,13)5-1-2-11-3-4(5)6(8,9)10/h1-3H. The van der Waals surface area contributed by atoms with Crippen molar-refractivity contribution in [1.82, 2.24) is 4.98 Å². The van der Waals surface area contributed by atoms with E-state index in [1.807, 2.05) is 0 Å². The molecule has 1 heterocycles. The number of hydrogen-bond acceptors (Lipinski definition) is 3. The maximum absolute atomic E-state index is 12.2. The van der Waals surface area contributed by atoms with Gasteiger partial charge in [0.05, 0.1) is 10.5 Å². The van der Waals surface area contributed by atoms with E-state index in [4.69, 9.17) is 10.7 Å². The number of rotatable bonds is 1.